The van der Waals surface area contributed by atoms with Crippen LogP contribution in [0.3, 0.4) is 0 Å². The standard InChI is InChI=1S/C15H20O2/c1-2-5-12(6-3-1)11-17-14-8-4-7-13-9-10-16-15(13)14/h1-3,5-6,13-15H,4,7-11H2. The van der Waals surface area contributed by atoms with Crippen molar-refractivity contribution in [2.75, 3.05) is 6.61 Å². The van der Waals surface area contributed by atoms with E-state index in [1.807, 2.05) is 6.07 Å². The third-order valence-corrected chi connectivity index (χ3v) is 4.00. The highest BCUT2D eigenvalue weighted by molar-refractivity contribution is 5.13. The zero-order valence-corrected chi connectivity index (χ0v) is 10.2. The van der Waals surface area contributed by atoms with E-state index in [1.165, 1.54) is 24.8 Å². The maximum Gasteiger partial charge on any atom is 0.0865 e. The van der Waals surface area contributed by atoms with E-state index in [1.54, 1.807) is 0 Å². The van der Waals surface area contributed by atoms with Gasteiger partial charge in [-0.25, -0.2) is 0 Å². The van der Waals surface area contributed by atoms with Crippen LogP contribution in [0.4, 0.5) is 0 Å². The lowest BCUT2D eigenvalue weighted by Crippen LogP contribution is -2.37. The second-order valence-electron chi connectivity index (χ2n) is 5.15. The Labute approximate surface area is 103 Å². The normalized spacial score (nSPS) is 32.4. The Morgan fingerprint density at radius 2 is 2.00 bits per heavy atom. The van der Waals surface area contributed by atoms with Crippen molar-refractivity contribution in [2.24, 2.45) is 5.92 Å². The predicted octanol–water partition coefficient (Wildman–Crippen LogP) is 3.16. The van der Waals surface area contributed by atoms with E-state index in [-0.39, 0.29) is 0 Å². The minimum Gasteiger partial charge on any atom is -0.375 e. The molecule has 2 heteroatoms. The molecule has 1 aliphatic carbocycles. The van der Waals surface area contributed by atoms with Gasteiger partial charge in [-0.2, -0.15) is 0 Å². The van der Waals surface area contributed by atoms with Gasteiger partial charge in [0.05, 0.1) is 18.8 Å². The summed E-state index contributed by atoms with van der Waals surface area (Å²) in [5.41, 5.74) is 1.26. The van der Waals surface area contributed by atoms with E-state index in [9.17, 15) is 0 Å². The summed E-state index contributed by atoms with van der Waals surface area (Å²) in [6.07, 6.45) is 5.70. The first-order valence-electron chi connectivity index (χ1n) is 6.70. The summed E-state index contributed by atoms with van der Waals surface area (Å²) in [6.45, 7) is 1.65. The lowest BCUT2D eigenvalue weighted by Gasteiger charge is -2.32. The van der Waals surface area contributed by atoms with Crippen molar-refractivity contribution >= 4 is 0 Å². The molecule has 0 amide bonds. The van der Waals surface area contributed by atoms with E-state index >= 15 is 0 Å². The number of benzene rings is 1. The zero-order valence-electron chi connectivity index (χ0n) is 10.2. The van der Waals surface area contributed by atoms with Gasteiger partial charge in [-0.15, -0.1) is 0 Å². The highest BCUT2D eigenvalue weighted by Gasteiger charge is 2.38. The smallest absolute Gasteiger partial charge is 0.0865 e. The summed E-state index contributed by atoms with van der Waals surface area (Å²) < 4.78 is 11.9. The van der Waals surface area contributed by atoms with Gasteiger partial charge in [0.25, 0.3) is 0 Å². The quantitative estimate of drug-likeness (QED) is 0.797. The summed E-state index contributed by atoms with van der Waals surface area (Å²) in [5.74, 6) is 0.754. The highest BCUT2D eigenvalue weighted by atomic mass is 16.5. The fourth-order valence-corrected chi connectivity index (χ4v) is 3.08. The summed E-state index contributed by atoms with van der Waals surface area (Å²) in [7, 11) is 0. The molecule has 2 nitrogen and oxygen atoms in total. The largest absolute Gasteiger partial charge is 0.375 e. The average Bonchev–Trinajstić information content (AvgIpc) is 2.86. The summed E-state index contributed by atoms with van der Waals surface area (Å²) in [4.78, 5) is 0. The lowest BCUT2D eigenvalue weighted by atomic mass is 9.84. The number of hydrogen-bond donors (Lipinski definition) is 0. The predicted molar refractivity (Wildman–Crippen MR) is 66.7 cm³/mol. The van der Waals surface area contributed by atoms with Gasteiger partial charge in [0.1, 0.15) is 0 Å². The Hall–Kier alpha value is -0.860. The van der Waals surface area contributed by atoms with Gasteiger partial charge in [0.2, 0.25) is 0 Å². The Morgan fingerprint density at radius 3 is 2.88 bits per heavy atom. The molecule has 2 fully saturated rings. The number of hydrogen-bond acceptors (Lipinski definition) is 2. The van der Waals surface area contributed by atoms with Gasteiger partial charge in [-0.1, -0.05) is 36.8 Å². The molecule has 0 aromatic heterocycles. The molecular weight excluding hydrogens is 212 g/mol. The fourth-order valence-electron chi connectivity index (χ4n) is 3.08. The minimum atomic E-state index is 0.316. The van der Waals surface area contributed by atoms with Gasteiger partial charge in [-0.3, -0.25) is 0 Å². The molecule has 1 aromatic carbocycles. The van der Waals surface area contributed by atoms with Crippen LogP contribution in [-0.2, 0) is 16.1 Å². The summed E-state index contributed by atoms with van der Waals surface area (Å²) in [6, 6.07) is 10.4. The molecule has 1 saturated heterocycles. The Bertz CT molecular complexity index is 349. The molecule has 1 heterocycles. The molecule has 3 rings (SSSR count). The SMILES string of the molecule is c1ccc(COC2CCCC3CCOC32)cc1. The Balaban J connectivity index is 1.57. The third-order valence-electron chi connectivity index (χ3n) is 4.00. The van der Waals surface area contributed by atoms with Crippen LogP contribution >= 0.6 is 0 Å². The molecule has 1 saturated carbocycles. The van der Waals surface area contributed by atoms with Crippen LogP contribution in [0.2, 0.25) is 0 Å². The van der Waals surface area contributed by atoms with Crippen LogP contribution in [0.15, 0.2) is 30.3 Å². The van der Waals surface area contributed by atoms with E-state index in [4.69, 9.17) is 9.47 Å². The van der Waals surface area contributed by atoms with Crippen molar-refractivity contribution in [2.45, 2.75) is 44.5 Å². The molecule has 0 bridgehead atoms. The van der Waals surface area contributed by atoms with Crippen molar-refractivity contribution in [3.8, 4) is 0 Å². The number of ether oxygens (including phenoxy) is 2. The van der Waals surface area contributed by atoms with Crippen LogP contribution < -0.4 is 0 Å². The molecule has 0 radical (unpaired) electrons. The molecule has 17 heavy (non-hydrogen) atoms. The fraction of sp³-hybridized carbons (Fsp3) is 0.600. The Morgan fingerprint density at radius 1 is 1.12 bits per heavy atom. The van der Waals surface area contributed by atoms with Gasteiger partial charge in [-0.05, 0) is 30.7 Å². The summed E-state index contributed by atoms with van der Waals surface area (Å²) >= 11 is 0. The molecule has 0 spiro atoms. The topological polar surface area (TPSA) is 18.5 Å². The molecule has 0 N–H and O–H groups in total. The molecule has 1 aliphatic heterocycles. The van der Waals surface area contributed by atoms with Crippen molar-refractivity contribution in [1.82, 2.24) is 0 Å². The van der Waals surface area contributed by atoms with Gasteiger partial charge in [0.15, 0.2) is 0 Å². The molecule has 1 aromatic rings. The van der Waals surface area contributed by atoms with E-state index in [0.717, 1.165) is 25.6 Å². The second-order valence-corrected chi connectivity index (χ2v) is 5.15. The number of rotatable bonds is 3. The number of fused-ring (bicyclic) bond motifs is 1. The van der Waals surface area contributed by atoms with Crippen molar-refractivity contribution in [1.29, 1.82) is 0 Å². The van der Waals surface area contributed by atoms with Crippen LogP contribution in [0.5, 0.6) is 0 Å². The van der Waals surface area contributed by atoms with Crippen LogP contribution in [0, 0.1) is 5.92 Å². The zero-order chi connectivity index (χ0) is 11.5. The molecule has 92 valence electrons. The minimum absolute atomic E-state index is 0.316. The average molecular weight is 232 g/mol. The monoisotopic (exact) mass is 232 g/mol. The first-order valence-corrected chi connectivity index (χ1v) is 6.70. The first-order chi connectivity index (χ1) is 8.43. The van der Waals surface area contributed by atoms with Gasteiger partial charge in [0, 0.05) is 6.61 Å². The van der Waals surface area contributed by atoms with Gasteiger partial charge < -0.3 is 9.47 Å². The van der Waals surface area contributed by atoms with E-state index < -0.39 is 0 Å². The molecule has 3 unspecified atom stereocenters. The Kier molecular flexibility index (Phi) is 3.44. The van der Waals surface area contributed by atoms with E-state index in [2.05, 4.69) is 24.3 Å². The van der Waals surface area contributed by atoms with Crippen molar-refractivity contribution < 1.29 is 9.47 Å². The first kappa shape index (κ1) is 11.2. The molecule has 2 aliphatic rings. The molecule has 3 atom stereocenters. The van der Waals surface area contributed by atoms with Crippen LogP contribution in [-0.4, -0.2) is 18.8 Å². The lowest BCUT2D eigenvalue weighted by molar-refractivity contribution is -0.0865. The highest BCUT2D eigenvalue weighted by Crippen LogP contribution is 2.36. The van der Waals surface area contributed by atoms with Crippen LogP contribution in [0.1, 0.15) is 31.2 Å². The van der Waals surface area contributed by atoms with Crippen molar-refractivity contribution in [3.05, 3.63) is 35.9 Å². The maximum atomic E-state index is 6.06. The van der Waals surface area contributed by atoms with Crippen LogP contribution in [0.25, 0.3) is 0 Å². The van der Waals surface area contributed by atoms with Gasteiger partial charge >= 0.3 is 0 Å². The third kappa shape index (κ3) is 2.53. The van der Waals surface area contributed by atoms with E-state index in [0.29, 0.717) is 12.2 Å². The summed E-state index contributed by atoms with van der Waals surface area (Å²) in [5, 5.41) is 0. The molecular formula is C15H20O2. The van der Waals surface area contributed by atoms with Crippen molar-refractivity contribution in [3.63, 3.8) is 0 Å². The second kappa shape index (κ2) is 5.19. The maximum absolute atomic E-state index is 6.06.